The van der Waals surface area contributed by atoms with Gasteiger partial charge in [-0.15, -0.1) is 0 Å². The number of rotatable bonds is 3. The van der Waals surface area contributed by atoms with E-state index in [-0.39, 0.29) is 18.9 Å². The van der Waals surface area contributed by atoms with Crippen molar-refractivity contribution in [3.8, 4) is 0 Å². The normalized spacial score (nSPS) is 23.0. The van der Waals surface area contributed by atoms with E-state index in [1.165, 1.54) is 0 Å². The summed E-state index contributed by atoms with van der Waals surface area (Å²) < 4.78 is 38.0. The van der Waals surface area contributed by atoms with Gasteiger partial charge in [0.25, 0.3) is 0 Å². The molecule has 21 heavy (non-hydrogen) atoms. The molecule has 1 aliphatic carbocycles. The summed E-state index contributed by atoms with van der Waals surface area (Å²) in [5, 5.41) is 3.40. The Kier molecular flexibility index (Phi) is 4.69. The first-order chi connectivity index (χ1) is 9.77. The largest absolute Gasteiger partial charge is 0.391 e. The fourth-order valence-corrected chi connectivity index (χ4v) is 2.87. The third kappa shape index (κ3) is 4.05. The summed E-state index contributed by atoms with van der Waals surface area (Å²) in [5.74, 6) is -1.12. The fraction of sp³-hybridized carbons (Fsp3) is 0.625. The summed E-state index contributed by atoms with van der Waals surface area (Å²) in [7, 11) is 3.97. The van der Waals surface area contributed by atoms with Crippen LogP contribution in [0.15, 0.2) is 18.2 Å². The SMILES string of the molecule is Cc1cc(N(C)C)ccc1NC1CCC(C(F)(F)F)CC1. The van der Waals surface area contributed by atoms with Crippen LogP contribution in [0.4, 0.5) is 24.5 Å². The van der Waals surface area contributed by atoms with Gasteiger partial charge in [-0.2, -0.15) is 13.2 Å². The lowest BCUT2D eigenvalue weighted by atomic mass is 9.85. The lowest BCUT2D eigenvalue weighted by Gasteiger charge is -2.31. The van der Waals surface area contributed by atoms with Crippen LogP contribution in [0.5, 0.6) is 0 Å². The van der Waals surface area contributed by atoms with Crippen LogP contribution < -0.4 is 10.2 Å². The third-order valence-electron chi connectivity index (χ3n) is 4.28. The van der Waals surface area contributed by atoms with Gasteiger partial charge in [-0.25, -0.2) is 0 Å². The van der Waals surface area contributed by atoms with Gasteiger partial charge in [0.05, 0.1) is 5.92 Å². The second-order valence-corrected chi connectivity index (χ2v) is 6.13. The minimum absolute atomic E-state index is 0.146. The smallest absolute Gasteiger partial charge is 0.382 e. The molecule has 0 heterocycles. The molecular weight excluding hydrogens is 277 g/mol. The zero-order valence-corrected chi connectivity index (χ0v) is 12.8. The van der Waals surface area contributed by atoms with Gasteiger partial charge < -0.3 is 10.2 Å². The van der Waals surface area contributed by atoms with Crippen LogP contribution in [-0.4, -0.2) is 26.3 Å². The molecule has 0 bridgehead atoms. The summed E-state index contributed by atoms with van der Waals surface area (Å²) in [5.41, 5.74) is 3.27. The third-order valence-corrected chi connectivity index (χ3v) is 4.28. The van der Waals surface area contributed by atoms with Gasteiger partial charge >= 0.3 is 6.18 Å². The molecular formula is C16H23F3N2. The number of nitrogens with one attached hydrogen (secondary N) is 1. The van der Waals surface area contributed by atoms with Crippen LogP contribution in [0.25, 0.3) is 0 Å². The predicted octanol–water partition coefficient (Wildman–Crippen LogP) is 4.59. The van der Waals surface area contributed by atoms with E-state index in [0.29, 0.717) is 12.8 Å². The molecule has 0 saturated heterocycles. The molecule has 0 aliphatic heterocycles. The maximum atomic E-state index is 12.7. The van der Waals surface area contributed by atoms with Crippen LogP contribution in [0.3, 0.4) is 0 Å². The minimum Gasteiger partial charge on any atom is -0.382 e. The van der Waals surface area contributed by atoms with Crippen molar-refractivity contribution in [1.82, 2.24) is 0 Å². The van der Waals surface area contributed by atoms with E-state index in [1.807, 2.05) is 38.1 Å². The van der Waals surface area contributed by atoms with E-state index in [2.05, 4.69) is 11.4 Å². The Morgan fingerprint density at radius 1 is 1.10 bits per heavy atom. The second kappa shape index (κ2) is 6.16. The summed E-state index contributed by atoms with van der Waals surface area (Å²) in [6.07, 6.45) is -2.40. The van der Waals surface area contributed by atoms with Crippen molar-refractivity contribution in [2.24, 2.45) is 5.92 Å². The number of hydrogen-bond acceptors (Lipinski definition) is 2. The number of hydrogen-bond donors (Lipinski definition) is 1. The van der Waals surface area contributed by atoms with Gasteiger partial charge in [-0.05, 0) is 56.4 Å². The van der Waals surface area contributed by atoms with E-state index < -0.39 is 12.1 Å². The number of aryl methyl sites for hydroxylation is 1. The maximum absolute atomic E-state index is 12.7. The highest BCUT2D eigenvalue weighted by Gasteiger charge is 2.41. The van der Waals surface area contributed by atoms with Gasteiger partial charge in [0.15, 0.2) is 0 Å². The molecule has 118 valence electrons. The molecule has 1 aromatic carbocycles. The molecule has 1 aromatic rings. The van der Waals surface area contributed by atoms with Crippen molar-refractivity contribution in [3.63, 3.8) is 0 Å². The second-order valence-electron chi connectivity index (χ2n) is 6.13. The fourth-order valence-electron chi connectivity index (χ4n) is 2.87. The molecule has 0 spiro atoms. The van der Waals surface area contributed by atoms with Crippen LogP contribution in [-0.2, 0) is 0 Å². The molecule has 5 heteroatoms. The van der Waals surface area contributed by atoms with Gasteiger partial charge in [0, 0.05) is 31.5 Å². The molecule has 0 amide bonds. The van der Waals surface area contributed by atoms with Crippen LogP contribution in [0.2, 0.25) is 0 Å². The highest BCUT2D eigenvalue weighted by Crippen LogP contribution is 2.38. The van der Waals surface area contributed by atoms with Crippen molar-refractivity contribution >= 4 is 11.4 Å². The summed E-state index contributed by atoms with van der Waals surface area (Å²) >= 11 is 0. The summed E-state index contributed by atoms with van der Waals surface area (Å²) in [6.45, 7) is 2.02. The highest BCUT2D eigenvalue weighted by atomic mass is 19.4. The molecule has 0 radical (unpaired) electrons. The Morgan fingerprint density at radius 3 is 2.19 bits per heavy atom. The van der Waals surface area contributed by atoms with E-state index in [1.54, 1.807) is 0 Å². The molecule has 0 unspecified atom stereocenters. The van der Waals surface area contributed by atoms with Crippen molar-refractivity contribution in [2.75, 3.05) is 24.3 Å². The molecule has 1 saturated carbocycles. The molecule has 2 rings (SSSR count). The summed E-state index contributed by atoms with van der Waals surface area (Å²) in [4.78, 5) is 2.03. The molecule has 0 aromatic heterocycles. The minimum atomic E-state index is -4.03. The first-order valence-corrected chi connectivity index (χ1v) is 7.38. The quantitative estimate of drug-likeness (QED) is 0.878. The van der Waals surface area contributed by atoms with Gasteiger partial charge in [-0.1, -0.05) is 0 Å². The van der Waals surface area contributed by atoms with Crippen LogP contribution >= 0.6 is 0 Å². The number of alkyl halides is 3. The highest BCUT2D eigenvalue weighted by molar-refractivity contribution is 5.60. The van der Waals surface area contributed by atoms with Crippen molar-refractivity contribution in [3.05, 3.63) is 23.8 Å². The predicted molar refractivity (Wildman–Crippen MR) is 80.9 cm³/mol. The van der Waals surface area contributed by atoms with Gasteiger partial charge in [0.1, 0.15) is 0 Å². The standard InChI is InChI=1S/C16H23F3N2/c1-11-10-14(21(2)3)8-9-15(11)20-13-6-4-12(5-7-13)16(17,18)19/h8-10,12-13,20H,4-7H2,1-3H3. The number of benzene rings is 1. The molecule has 2 nitrogen and oxygen atoms in total. The Morgan fingerprint density at radius 2 is 1.71 bits per heavy atom. The average Bonchev–Trinajstić information content (AvgIpc) is 2.40. The molecule has 1 fully saturated rings. The zero-order chi connectivity index (χ0) is 15.6. The van der Waals surface area contributed by atoms with E-state index in [9.17, 15) is 13.2 Å². The Bertz CT molecular complexity index is 475. The van der Waals surface area contributed by atoms with Crippen LogP contribution in [0.1, 0.15) is 31.2 Å². The number of anilines is 2. The average molecular weight is 300 g/mol. The Labute approximate surface area is 124 Å². The first-order valence-electron chi connectivity index (χ1n) is 7.38. The summed E-state index contributed by atoms with van der Waals surface area (Å²) in [6, 6.07) is 6.27. The monoisotopic (exact) mass is 300 g/mol. The first kappa shape index (κ1) is 16.0. The van der Waals surface area contributed by atoms with Crippen molar-refractivity contribution < 1.29 is 13.2 Å². The lowest BCUT2D eigenvalue weighted by Crippen LogP contribution is -2.32. The Hall–Kier alpha value is -1.39. The maximum Gasteiger partial charge on any atom is 0.391 e. The van der Waals surface area contributed by atoms with Crippen molar-refractivity contribution in [2.45, 2.75) is 44.8 Å². The van der Waals surface area contributed by atoms with E-state index in [4.69, 9.17) is 0 Å². The zero-order valence-electron chi connectivity index (χ0n) is 12.8. The topological polar surface area (TPSA) is 15.3 Å². The number of halogens is 3. The molecule has 1 aliphatic rings. The van der Waals surface area contributed by atoms with Crippen LogP contribution in [0, 0.1) is 12.8 Å². The molecule has 0 atom stereocenters. The van der Waals surface area contributed by atoms with Gasteiger partial charge in [-0.3, -0.25) is 0 Å². The number of nitrogens with zero attached hydrogens (tertiary/aromatic N) is 1. The van der Waals surface area contributed by atoms with E-state index in [0.717, 1.165) is 16.9 Å². The lowest BCUT2D eigenvalue weighted by molar-refractivity contribution is -0.182. The van der Waals surface area contributed by atoms with Gasteiger partial charge in [0.2, 0.25) is 0 Å². The Balaban J connectivity index is 1.95. The molecule has 1 N–H and O–H groups in total. The van der Waals surface area contributed by atoms with Crippen molar-refractivity contribution in [1.29, 1.82) is 0 Å². The van der Waals surface area contributed by atoms with E-state index >= 15 is 0 Å².